The molecule has 78 valence electrons. The van der Waals surface area contributed by atoms with E-state index in [-0.39, 0.29) is 5.41 Å². The van der Waals surface area contributed by atoms with Gasteiger partial charge in [-0.05, 0) is 50.9 Å². The van der Waals surface area contributed by atoms with Crippen LogP contribution in [0.4, 0.5) is 0 Å². The smallest absolute Gasteiger partial charge is 0.0686 e. The molecule has 0 unspecified atom stereocenters. The number of nitrogens with zero attached hydrogens (tertiary/aromatic N) is 1. The molecule has 2 saturated carbocycles. The van der Waals surface area contributed by atoms with Crippen molar-refractivity contribution in [3.63, 3.8) is 0 Å². The standard InChI is InChI=1S/C13H21N/c1-12(11-14)7-9-13(10-8-12)5-3-2-4-6-13/h2-10H2,1H3. The molecule has 0 aromatic heterocycles. The van der Waals surface area contributed by atoms with E-state index in [0.717, 1.165) is 12.8 Å². The molecule has 1 nitrogen and oxygen atoms in total. The highest BCUT2D eigenvalue weighted by molar-refractivity contribution is 5.02. The Balaban J connectivity index is 1.98. The van der Waals surface area contributed by atoms with Crippen molar-refractivity contribution in [2.45, 2.75) is 64.7 Å². The molecule has 2 aliphatic rings. The van der Waals surface area contributed by atoms with Crippen LogP contribution >= 0.6 is 0 Å². The lowest BCUT2D eigenvalue weighted by Gasteiger charge is -2.44. The number of rotatable bonds is 0. The van der Waals surface area contributed by atoms with Crippen LogP contribution in [-0.2, 0) is 0 Å². The van der Waals surface area contributed by atoms with Crippen molar-refractivity contribution in [1.82, 2.24) is 0 Å². The van der Waals surface area contributed by atoms with E-state index >= 15 is 0 Å². The third-order valence-electron chi connectivity index (χ3n) is 4.60. The van der Waals surface area contributed by atoms with Gasteiger partial charge in [-0.3, -0.25) is 0 Å². The fourth-order valence-electron chi connectivity index (χ4n) is 3.25. The minimum atomic E-state index is 0.00268. The summed E-state index contributed by atoms with van der Waals surface area (Å²) in [7, 11) is 0. The summed E-state index contributed by atoms with van der Waals surface area (Å²) in [5, 5.41) is 9.09. The van der Waals surface area contributed by atoms with Gasteiger partial charge in [0.25, 0.3) is 0 Å². The maximum absolute atomic E-state index is 9.09. The first-order valence-electron chi connectivity index (χ1n) is 6.09. The fraction of sp³-hybridized carbons (Fsp3) is 0.923. The Morgan fingerprint density at radius 1 is 0.857 bits per heavy atom. The Bertz CT molecular complexity index is 232. The van der Waals surface area contributed by atoms with Crippen molar-refractivity contribution in [2.24, 2.45) is 10.8 Å². The summed E-state index contributed by atoms with van der Waals surface area (Å²) in [4.78, 5) is 0. The molecular formula is C13H21N. The van der Waals surface area contributed by atoms with Gasteiger partial charge in [0.15, 0.2) is 0 Å². The van der Waals surface area contributed by atoms with Crippen LogP contribution in [0.2, 0.25) is 0 Å². The van der Waals surface area contributed by atoms with Gasteiger partial charge < -0.3 is 0 Å². The van der Waals surface area contributed by atoms with Gasteiger partial charge in [-0.2, -0.15) is 5.26 Å². The highest BCUT2D eigenvalue weighted by Gasteiger charge is 2.40. The van der Waals surface area contributed by atoms with Crippen molar-refractivity contribution >= 4 is 0 Å². The van der Waals surface area contributed by atoms with Crippen molar-refractivity contribution in [2.75, 3.05) is 0 Å². The molecule has 2 rings (SSSR count). The molecule has 0 heterocycles. The first-order valence-corrected chi connectivity index (χ1v) is 6.09. The lowest BCUT2D eigenvalue weighted by Crippen LogP contribution is -2.33. The second-order valence-electron chi connectivity index (χ2n) is 5.73. The van der Waals surface area contributed by atoms with Crippen molar-refractivity contribution in [3.05, 3.63) is 0 Å². The van der Waals surface area contributed by atoms with E-state index in [4.69, 9.17) is 5.26 Å². The van der Waals surface area contributed by atoms with E-state index in [9.17, 15) is 0 Å². The molecule has 0 radical (unpaired) electrons. The fourth-order valence-corrected chi connectivity index (χ4v) is 3.25. The lowest BCUT2D eigenvalue weighted by atomic mass is 9.60. The van der Waals surface area contributed by atoms with Crippen LogP contribution in [-0.4, -0.2) is 0 Å². The summed E-state index contributed by atoms with van der Waals surface area (Å²) in [5.74, 6) is 0. The molecule has 2 aliphatic carbocycles. The highest BCUT2D eigenvalue weighted by Crippen LogP contribution is 2.52. The molecule has 0 atom stereocenters. The molecule has 0 N–H and O–H groups in total. The van der Waals surface area contributed by atoms with Gasteiger partial charge in [-0.1, -0.05) is 19.3 Å². The Labute approximate surface area is 87.5 Å². The van der Waals surface area contributed by atoms with E-state index in [1.54, 1.807) is 0 Å². The minimum absolute atomic E-state index is 0.00268. The number of hydrogen-bond acceptors (Lipinski definition) is 1. The first kappa shape index (κ1) is 10.0. The summed E-state index contributed by atoms with van der Waals surface area (Å²) in [5.41, 5.74) is 0.664. The van der Waals surface area contributed by atoms with Crippen LogP contribution in [0, 0.1) is 22.2 Å². The summed E-state index contributed by atoms with van der Waals surface area (Å²) < 4.78 is 0. The third kappa shape index (κ3) is 1.80. The Morgan fingerprint density at radius 3 is 1.93 bits per heavy atom. The van der Waals surface area contributed by atoms with Crippen molar-refractivity contribution < 1.29 is 0 Å². The molecule has 0 aromatic rings. The average Bonchev–Trinajstić information content (AvgIpc) is 2.25. The second-order valence-corrected chi connectivity index (χ2v) is 5.73. The second kappa shape index (κ2) is 3.57. The van der Waals surface area contributed by atoms with E-state index in [1.165, 1.54) is 44.9 Å². The van der Waals surface area contributed by atoms with Crippen LogP contribution in [0.15, 0.2) is 0 Å². The molecule has 0 aliphatic heterocycles. The van der Waals surface area contributed by atoms with E-state index in [2.05, 4.69) is 13.0 Å². The Hall–Kier alpha value is -0.510. The van der Waals surface area contributed by atoms with Crippen molar-refractivity contribution in [3.8, 4) is 6.07 Å². The first-order chi connectivity index (χ1) is 6.68. The lowest BCUT2D eigenvalue weighted by molar-refractivity contribution is 0.0795. The van der Waals surface area contributed by atoms with Crippen LogP contribution in [0.1, 0.15) is 64.7 Å². The molecule has 2 fully saturated rings. The molecule has 1 spiro atoms. The van der Waals surface area contributed by atoms with Gasteiger partial charge in [0.2, 0.25) is 0 Å². The van der Waals surface area contributed by atoms with Gasteiger partial charge in [0.1, 0.15) is 0 Å². The number of nitriles is 1. The molecule has 0 saturated heterocycles. The zero-order valence-electron chi connectivity index (χ0n) is 9.31. The number of hydrogen-bond donors (Lipinski definition) is 0. The Kier molecular flexibility index (Phi) is 2.56. The van der Waals surface area contributed by atoms with Gasteiger partial charge in [0.05, 0.1) is 11.5 Å². The molecule has 0 aromatic carbocycles. The normalized spacial score (nSPS) is 29.7. The highest BCUT2D eigenvalue weighted by atomic mass is 14.5. The maximum atomic E-state index is 9.09. The van der Waals surface area contributed by atoms with E-state index < -0.39 is 0 Å². The molecule has 0 amide bonds. The van der Waals surface area contributed by atoms with Crippen LogP contribution in [0.3, 0.4) is 0 Å². The third-order valence-corrected chi connectivity index (χ3v) is 4.60. The summed E-state index contributed by atoms with van der Waals surface area (Å²) in [6, 6.07) is 2.50. The van der Waals surface area contributed by atoms with E-state index in [1.807, 2.05) is 0 Å². The predicted octanol–water partition coefficient (Wildman–Crippen LogP) is 4.04. The predicted molar refractivity (Wildman–Crippen MR) is 57.7 cm³/mol. The van der Waals surface area contributed by atoms with Crippen LogP contribution in [0.25, 0.3) is 0 Å². The zero-order valence-corrected chi connectivity index (χ0v) is 9.31. The SMILES string of the molecule is CC1(C#N)CCC2(CCCCC2)CC1. The van der Waals surface area contributed by atoms with Gasteiger partial charge in [-0.15, -0.1) is 0 Å². The Morgan fingerprint density at radius 2 is 1.43 bits per heavy atom. The largest absolute Gasteiger partial charge is 0.198 e. The zero-order chi connectivity index (χ0) is 10.1. The molecule has 1 heteroatoms. The van der Waals surface area contributed by atoms with Crippen LogP contribution < -0.4 is 0 Å². The topological polar surface area (TPSA) is 23.8 Å². The molecule has 14 heavy (non-hydrogen) atoms. The average molecular weight is 191 g/mol. The molecular weight excluding hydrogens is 170 g/mol. The summed E-state index contributed by atoms with van der Waals surface area (Å²) >= 11 is 0. The van der Waals surface area contributed by atoms with E-state index in [0.29, 0.717) is 5.41 Å². The quantitative estimate of drug-likeness (QED) is 0.567. The van der Waals surface area contributed by atoms with Crippen molar-refractivity contribution in [1.29, 1.82) is 5.26 Å². The monoisotopic (exact) mass is 191 g/mol. The maximum Gasteiger partial charge on any atom is 0.0686 e. The minimum Gasteiger partial charge on any atom is -0.198 e. The summed E-state index contributed by atoms with van der Waals surface area (Å²) in [6.45, 7) is 2.14. The van der Waals surface area contributed by atoms with Crippen LogP contribution in [0.5, 0.6) is 0 Å². The van der Waals surface area contributed by atoms with Gasteiger partial charge in [-0.25, -0.2) is 0 Å². The summed E-state index contributed by atoms with van der Waals surface area (Å²) in [6.07, 6.45) is 12.1. The van der Waals surface area contributed by atoms with Gasteiger partial charge in [0, 0.05) is 0 Å². The molecule has 0 bridgehead atoms. The van der Waals surface area contributed by atoms with Gasteiger partial charge >= 0.3 is 0 Å².